The SMILES string of the molecule is CCC1CN(CCc2cccs2)CCC1=O. The molecule has 0 saturated carbocycles. The highest BCUT2D eigenvalue weighted by atomic mass is 32.1. The first-order valence-electron chi connectivity index (χ1n) is 6.07. The molecule has 0 radical (unpaired) electrons. The van der Waals surface area contributed by atoms with Crippen LogP contribution in [-0.2, 0) is 11.2 Å². The van der Waals surface area contributed by atoms with E-state index in [1.165, 1.54) is 4.88 Å². The summed E-state index contributed by atoms with van der Waals surface area (Å²) in [4.78, 5) is 15.5. The predicted molar refractivity (Wildman–Crippen MR) is 67.9 cm³/mol. The third-order valence-corrected chi connectivity index (χ3v) is 4.29. The molecule has 1 aromatic rings. The van der Waals surface area contributed by atoms with Gasteiger partial charge in [0, 0.05) is 36.9 Å². The van der Waals surface area contributed by atoms with Crippen molar-refractivity contribution in [2.75, 3.05) is 19.6 Å². The molecule has 0 N–H and O–H groups in total. The van der Waals surface area contributed by atoms with Gasteiger partial charge in [-0.2, -0.15) is 0 Å². The number of piperidine rings is 1. The monoisotopic (exact) mass is 237 g/mol. The number of Topliss-reactive ketones (excluding diaryl/α,β-unsaturated/α-hetero) is 1. The fourth-order valence-corrected chi connectivity index (χ4v) is 2.96. The van der Waals surface area contributed by atoms with Crippen LogP contribution in [0.3, 0.4) is 0 Å². The highest BCUT2D eigenvalue weighted by Gasteiger charge is 2.25. The third-order valence-electron chi connectivity index (χ3n) is 3.36. The summed E-state index contributed by atoms with van der Waals surface area (Å²) >= 11 is 1.82. The van der Waals surface area contributed by atoms with Crippen LogP contribution < -0.4 is 0 Å². The average molecular weight is 237 g/mol. The van der Waals surface area contributed by atoms with Crippen LogP contribution in [0.25, 0.3) is 0 Å². The number of carbonyl (C=O) groups is 1. The van der Waals surface area contributed by atoms with Crippen molar-refractivity contribution in [3.63, 3.8) is 0 Å². The number of thiophene rings is 1. The van der Waals surface area contributed by atoms with Gasteiger partial charge < -0.3 is 4.90 Å². The molecule has 2 nitrogen and oxygen atoms in total. The van der Waals surface area contributed by atoms with Gasteiger partial charge in [0.05, 0.1) is 0 Å². The highest BCUT2D eigenvalue weighted by Crippen LogP contribution is 2.17. The summed E-state index contributed by atoms with van der Waals surface area (Å²) in [6.07, 6.45) is 2.87. The van der Waals surface area contributed by atoms with Gasteiger partial charge in [-0.1, -0.05) is 13.0 Å². The molecule has 0 aromatic carbocycles. The minimum Gasteiger partial charge on any atom is -0.302 e. The van der Waals surface area contributed by atoms with Gasteiger partial charge in [0.1, 0.15) is 5.78 Å². The number of carbonyl (C=O) groups excluding carboxylic acids is 1. The molecule has 1 aliphatic heterocycles. The summed E-state index contributed by atoms with van der Waals surface area (Å²) in [5.41, 5.74) is 0. The Balaban J connectivity index is 1.80. The smallest absolute Gasteiger partial charge is 0.138 e. The molecule has 88 valence electrons. The number of hydrogen-bond acceptors (Lipinski definition) is 3. The fourth-order valence-electron chi connectivity index (χ4n) is 2.26. The van der Waals surface area contributed by atoms with Gasteiger partial charge in [0.25, 0.3) is 0 Å². The van der Waals surface area contributed by atoms with Crippen molar-refractivity contribution in [2.24, 2.45) is 5.92 Å². The Labute approximate surface area is 101 Å². The quantitative estimate of drug-likeness (QED) is 0.802. The van der Waals surface area contributed by atoms with Gasteiger partial charge in [-0.3, -0.25) is 4.79 Å². The van der Waals surface area contributed by atoms with Crippen LogP contribution in [0.2, 0.25) is 0 Å². The van der Waals surface area contributed by atoms with Gasteiger partial charge in [0.15, 0.2) is 0 Å². The van der Waals surface area contributed by atoms with Crippen molar-refractivity contribution >= 4 is 17.1 Å². The summed E-state index contributed by atoms with van der Waals surface area (Å²) in [5.74, 6) is 0.756. The van der Waals surface area contributed by atoms with E-state index >= 15 is 0 Å². The van der Waals surface area contributed by atoms with Crippen LogP contribution in [0.1, 0.15) is 24.6 Å². The molecule has 0 amide bonds. The van der Waals surface area contributed by atoms with E-state index in [1.54, 1.807) is 0 Å². The zero-order valence-corrected chi connectivity index (χ0v) is 10.6. The second kappa shape index (κ2) is 5.60. The molecule has 1 fully saturated rings. The Morgan fingerprint density at radius 2 is 2.44 bits per heavy atom. The number of rotatable bonds is 4. The van der Waals surface area contributed by atoms with E-state index < -0.39 is 0 Å². The van der Waals surface area contributed by atoms with Crippen LogP contribution in [-0.4, -0.2) is 30.3 Å². The van der Waals surface area contributed by atoms with Crippen molar-refractivity contribution in [3.05, 3.63) is 22.4 Å². The third kappa shape index (κ3) is 2.92. The van der Waals surface area contributed by atoms with Crippen molar-refractivity contribution in [3.8, 4) is 0 Å². The van der Waals surface area contributed by atoms with Gasteiger partial charge in [-0.15, -0.1) is 11.3 Å². The lowest BCUT2D eigenvalue weighted by Gasteiger charge is -2.31. The van der Waals surface area contributed by atoms with Crippen LogP contribution in [0, 0.1) is 5.92 Å². The van der Waals surface area contributed by atoms with Crippen molar-refractivity contribution in [1.29, 1.82) is 0 Å². The predicted octanol–water partition coefficient (Wildman–Crippen LogP) is 2.59. The Hall–Kier alpha value is -0.670. The van der Waals surface area contributed by atoms with Crippen LogP contribution in [0.4, 0.5) is 0 Å². The summed E-state index contributed by atoms with van der Waals surface area (Å²) < 4.78 is 0. The minimum absolute atomic E-state index is 0.289. The topological polar surface area (TPSA) is 20.3 Å². The molecule has 16 heavy (non-hydrogen) atoms. The van der Waals surface area contributed by atoms with E-state index in [0.717, 1.165) is 38.9 Å². The maximum absolute atomic E-state index is 11.6. The minimum atomic E-state index is 0.289. The Morgan fingerprint density at radius 3 is 3.12 bits per heavy atom. The van der Waals surface area contributed by atoms with E-state index in [2.05, 4.69) is 29.3 Å². The zero-order chi connectivity index (χ0) is 11.4. The number of hydrogen-bond donors (Lipinski definition) is 0. The fraction of sp³-hybridized carbons (Fsp3) is 0.615. The molecule has 0 spiro atoms. The summed E-state index contributed by atoms with van der Waals surface area (Å²) in [5, 5.41) is 2.13. The standard InChI is InChI=1S/C13H19NOS/c1-2-11-10-14(8-6-13(11)15)7-5-12-4-3-9-16-12/h3-4,9,11H,2,5-8,10H2,1H3. The Kier molecular flexibility index (Phi) is 4.13. The molecule has 1 saturated heterocycles. The van der Waals surface area contributed by atoms with Crippen LogP contribution in [0.15, 0.2) is 17.5 Å². The Morgan fingerprint density at radius 1 is 1.56 bits per heavy atom. The molecule has 2 heterocycles. The number of ketones is 1. The van der Waals surface area contributed by atoms with E-state index in [4.69, 9.17) is 0 Å². The summed E-state index contributed by atoms with van der Waals surface area (Å²) in [7, 11) is 0. The second-order valence-electron chi connectivity index (χ2n) is 4.45. The largest absolute Gasteiger partial charge is 0.302 e. The second-order valence-corrected chi connectivity index (χ2v) is 5.48. The first-order chi connectivity index (χ1) is 7.79. The molecular formula is C13H19NOS. The number of nitrogens with zero attached hydrogens (tertiary/aromatic N) is 1. The van der Waals surface area contributed by atoms with Crippen molar-refractivity contribution < 1.29 is 4.79 Å². The molecule has 2 rings (SSSR count). The van der Waals surface area contributed by atoms with E-state index in [-0.39, 0.29) is 5.92 Å². The lowest BCUT2D eigenvalue weighted by atomic mass is 9.94. The molecule has 1 aliphatic rings. The maximum Gasteiger partial charge on any atom is 0.138 e. The lowest BCUT2D eigenvalue weighted by molar-refractivity contribution is -0.126. The number of likely N-dealkylation sites (tertiary alicyclic amines) is 1. The van der Waals surface area contributed by atoms with Crippen molar-refractivity contribution in [1.82, 2.24) is 4.90 Å². The molecular weight excluding hydrogens is 218 g/mol. The molecule has 0 bridgehead atoms. The maximum atomic E-state index is 11.6. The van der Waals surface area contributed by atoms with E-state index in [1.807, 2.05) is 11.3 Å². The van der Waals surface area contributed by atoms with E-state index in [0.29, 0.717) is 5.78 Å². The van der Waals surface area contributed by atoms with Gasteiger partial charge in [-0.25, -0.2) is 0 Å². The van der Waals surface area contributed by atoms with Crippen LogP contribution in [0.5, 0.6) is 0 Å². The highest BCUT2D eigenvalue weighted by molar-refractivity contribution is 7.09. The normalized spacial score (nSPS) is 22.6. The molecule has 1 atom stereocenters. The lowest BCUT2D eigenvalue weighted by Crippen LogP contribution is -2.41. The molecule has 3 heteroatoms. The Bertz CT molecular complexity index is 334. The zero-order valence-electron chi connectivity index (χ0n) is 9.82. The van der Waals surface area contributed by atoms with Gasteiger partial charge in [-0.05, 0) is 24.3 Å². The first-order valence-corrected chi connectivity index (χ1v) is 6.95. The summed E-state index contributed by atoms with van der Waals surface area (Å²) in [6, 6.07) is 4.30. The van der Waals surface area contributed by atoms with Crippen molar-refractivity contribution in [2.45, 2.75) is 26.2 Å². The van der Waals surface area contributed by atoms with Gasteiger partial charge in [0.2, 0.25) is 0 Å². The molecule has 0 aliphatic carbocycles. The molecule has 1 aromatic heterocycles. The van der Waals surface area contributed by atoms with Gasteiger partial charge >= 0.3 is 0 Å². The van der Waals surface area contributed by atoms with E-state index in [9.17, 15) is 4.79 Å². The summed E-state index contributed by atoms with van der Waals surface area (Å²) in [6.45, 7) is 5.15. The average Bonchev–Trinajstić information content (AvgIpc) is 2.81. The molecule has 1 unspecified atom stereocenters. The van der Waals surface area contributed by atoms with Crippen LogP contribution >= 0.6 is 11.3 Å². The first kappa shape index (κ1) is 11.8.